The number of nitrogens with two attached hydrogens (primary N) is 1. The van der Waals surface area contributed by atoms with Gasteiger partial charge in [-0.1, -0.05) is 12.8 Å². The summed E-state index contributed by atoms with van der Waals surface area (Å²) in [5.74, 6) is 1.35. The lowest BCUT2D eigenvalue weighted by molar-refractivity contribution is -0.141. The molecule has 0 spiro atoms. The summed E-state index contributed by atoms with van der Waals surface area (Å²) in [5.41, 5.74) is 4.00. The molecule has 0 saturated carbocycles. The summed E-state index contributed by atoms with van der Waals surface area (Å²) < 4.78 is 38.1. The van der Waals surface area contributed by atoms with E-state index in [0.717, 1.165) is 12.1 Å². The van der Waals surface area contributed by atoms with Crippen LogP contribution >= 0.6 is 0 Å². The second-order valence-corrected chi connectivity index (χ2v) is 4.06. The number of anilines is 1. The summed E-state index contributed by atoms with van der Waals surface area (Å²) in [7, 11) is 0. The number of hydrogen-bond acceptors (Lipinski definition) is 3. The van der Waals surface area contributed by atoms with Crippen molar-refractivity contribution in [3.8, 4) is 12.3 Å². The van der Waals surface area contributed by atoms with Gasteiger partial charge < -0.3 is 10.6 Å². The second-order valence-electron chi connectivity index (χ2n) is 4.06. The van der Waals surface area contributed by atoms with Gasteiger partial charge in [-0.15, -0.1) is 6.42 Å². The Labute approximate surface area is 114 Å². The fraction of sp³-hybridized carbons (Fsp3) is 0.385. The first-order chi connectivity index (χ1) is 9.31. The number of terminal acetylenes is 1. The number of carbonyl (C=O) groups excluding carboxylic acids is 1. The van der Waals surface area contributed by atoms with Crippen molar-refractivity contribution in [1.82, 2.24) is 4.98 Å². The standard InChI is InChI=1S/C13H14F3N3O/c1-3-7-19(8-4-2)12-9(11(17)20)5-6-10(18-12)13(14,15)16/h1,5-6H,4,7-8H2,2H3,(H2,17,20). The first-order valence-corrected chi connectivity index (χ1v) is 5.87. The molecule has 0 bridgehead atoms. The molecule has 4 nitrogen and oxygen atoms in total. The Morgan fingerprint density at radius 2 is 2.15 bits per heavy atom. The third-order valence-corrected chi connectivity index (χ3v) is 2.51. The van der Waals surface area contributed by atoms with Crippen molar-refractivity contribution in [3.63, 3.8) is 0 Å². The predicted octanol–water partition coefficient (Wildman–Crippen LogP) is 2.05. The molecule has 1 heterocycles. The highest BCUT2D eigenvalue weighted by Gasteiger charge is 2.34. The largest absolute Gasteiger partial charge is 0.433 e. The molecule has 0 saturated heterocycles. The van der Waals surface area contributed by atoms with E-state index in [4.69, 9.17) is 12.2 Å². The van der Waals surface area contributed by atoms with Gasteiger partial charge >= 0.3 is 6.18 Å². The molecule has 2 N–H and O–H groups in total. The zero-order valence-electron chi connectivity index (χ0n) is 10.9. The highest BCUT2D eigenvalue weighted by atomic mass is 19.4. The summed E-state index contributed by atoms with van der Waals surface area (Å²) in [6.45, 7) is 2.25. The van der Waals surface area contributed by atoms with Crippen LogP contribution in [-0.4, -0.2) is 24.0 Å². The molecule has 20 heavy (non-hydrogen) atoms. The average molecular weight is 285 g/mol. The lowest BCUT2D eigenvalue weighted by Gasteiger charge is -2.23. The molecule has 108 valence electrons. The molecule has 1 rings (SSSR count). The van der Waals surface area contributed by atoms with Crippen LogP contribution in [0.2, 0.25) is 0 Å². The van der Waals surface area contributed by atoms with Gasteiger partial charge in [-0.2, -0.15) is 13.2 Å². The topological polar surface area (TPSA) is 59.2 Å². The molecule has 0 aliphatic heterocycles. The molecule has 0 radical (unpaired) electrons. The molecule has 0 aromatic carbocycles. The van der Waals surface area contributed by atoms with Crippen LogP contribution in [0.15, 0.2) is 12.1 Å². The number of halogens is 3. The Morgan fingerprint density at radius 3 is 2.60 bits per heavy atom. The smallest absolute Gasteiger partial charge is 0.365 e. The first-order valence-electron chi connectivity index (χ1n) is 5.87. The van der Waals surface area contributed by atoms with Crippen molar-refractivity contribution in [2.24, 2.45) is 5.73 Å². The van der Waals surface area contributed by atoms with Crippen molar-refractivity contribution in [2.75, 3.05) is 18.0 Å². The molecule has 1 aromatic rings. The summed E-state index contributed by atoms with van der Waals surface area (Å²) in [4.78, 5) is 16.3. The van der Waals surface area contributed by atoms with Gasteiger partial charge in [0.25, 0.3) is 5.91 Å². The molecule has 7 heteroatoms. The third-order valence-electron chi connectivity index (χ3n) is 2.51. The van der Waals surface area contributed by atoms with E-state index in [-0.39, 0.29) is 17.9 Å². The van der Waals surface area contributed by atoms with Crippen LogP contribution in [0.5, 0.6) is 0 Å². The van der Waals surface area contributed by atoms with Gasteiger partial charge in [-0.05, 0) is 18.6 Å². The van der Waals surface area contributed by atoms with E-state index in [9.17, 15) is 18.0 Å². The summed E-state index contributed by atoms with van der Waals surface area (Å²) >= 11 is 0. The fourth-order valence-corrected chi connectivity index (χ4v) is 1.68. The van der Waals surface area contributed by atoms with E-state index in [2.05, 4.69) is 10.9 Å². The van der Waals surface area contributed by atoms with Crippen molar-refractivity contribution < 1.29 is 18.0 Å². The van der Waals surface area contributed by atoms with Crippen LogP contribution in [0.4, 0.5) is 19.0 Å². The molecular weight excluding hydrogens is 271 g/mol. The molecular formula is C13H14F3N3O. The van der Waals surface area contributed by atoms with Crippen LogP contribution in [-0.2, 0) is 6.18 Å². The lowest BCUT2D eigenvalue weighted by atomic mass is 10.2. The van der Waals surface area contributed by atoms with Crippen LogP contribution in [0.25, 0.3) is 0 Å². The molecule has 0 aliphatic carbocycles. The van der Waals surface area contributed by atoms with Crippen molar-refractivity contribution >= 4 is 11.7 Å². The van der Waals surface area contributed by atoms with E-state index in [1.54, 1.807) is 0 Å². The molecule has 0 fully saturated rings. The lowest BCUT2D eigenvalue weighted by Crippen LogP contribution is -2.29. The minimum atomic E-state index is -4.60. The van der Waals surface area contributed by atoms with Crippen molar-refractivity contribution in [3.05, 3.63) is 23.4 Å². The summed E-state index contributed by atoms with van der Waals surface area (Å²) in [6.07, 6.45) is 1.23. The van der Waals surface area contributed by atoms with Gasteiger partial charge in [-0.3, -0.25) is 4.79 Å². The van der Waals surface area contributed by atoms with E-state index in [0.29, 0.717) is 13.0 Å². The highest BCUT2D eigenvalue weighted by molar-refractivity contribution is 5.97. The minimum Gasteiger partial charge on any atom is -0.365 e. The van der Waals surface area contributed by atoms with Gasteiger partial charge in [0.1, 0.15) is 11.5 Å². The van der Waals surface area contributed by atoms with Gasteiger partial charge in [0.15, 0.2) is 0 Å². The number of nitrogens with zero attached hydrogens (tertiary/aromatic N) is 2. The zero-order valence-corrected chi connectivity index (χ0v) is 10.9. The SMILES string of the molecule is C#CCN(CCC)c1nc(C(F)(F)F)ccc1C(N)=O. The minimum absolute atomic E-state index is 0.0441. The average Bonchev–Trinajstić information content (AvgIpc) is 2.36. The van der Waals surface area contributed by atoms with Crippen molar-refractivity contribution in [2.45, 2.75) is 19.5 Å². The number of amides is 1. The summed E-state index contributed by atoms with van der Waals surface area (Å²) in [5, 5.41) is 0. The quantitative estimate of drug-likeness (QED) is 0.842. The number of hydrogen-bond donors (Lipinski definition) is 1. The normalized spacial score (nSPS) is 10.9. The Balaban J connectivity index is 3.37. The highest BCUT2D eigenvalue weighted by Crippen LogP contribution is 2.30. The number of rotatable bonds is 5. The Kier molecular flexibility index (Phi) is 4.97. The number of primary amides is 1. The number of pyridine rings is 1. The van der Waals surface area contributed by atoms with Crippen LogP contribution in [0.1, 0.15) is 29.4 Å². The number of alkyl halides is 3. The van der Waals surface area contributed by atoms with Gasteiger partial charge in [-0.25, -0.2) is 4.98 Å². The van der Waals surface area contributed by atoms with Gasteiger partial charge in [0.2, 0.25) is 0 Å². The van der Waals surface area contributed by atoms with E-state index in [1.165, 1.54) is 4.90 Å². The molecule has 0 aliphatic rings. The third kappa shape index (κ3) is 3.63. The maximum absolute atomic E-state index is 12.7. The van der Waals surface area contributed by atoms with Crippen LogP contribution in [0, 0.1) is 12.3 Å². The molecule has 0 atom stereocenters. The maximum Gasteiger partial charge on any atom is 0.433 e. The monoisotopic (exact) mass is 285 g/mol. The molecule has 1 amide bonds. The second kappa shape index (κ2) is 6.28. The first kappa shape index (κ1) is 15.8. The summed E-state index contributed by atoms with van der Waals surface area (Å²) in [6, 6.07) is 1.75. The van der Waals surface area contributed by atoms with Crippen LogP contribution < -0.4 is 10.6 Å². The Bertz CT molecular complexity index is 535. The number of aromatic nitrogens is 1. The zero-order chi connectivity index (χ0) is 15.3. The number of carbonyl (C=O) groups is 1. The Hall–Kier alpha value is -2.23. The Morgan fingerprint density at radius 1 is 1.50 bits per heavy atom. The van der Waals surface area contributed by atoms with E-state index >= 15 is 0 Å². The van der Waals surface area contributed by atoms with E-state index < -0.39 is 17.8 Å². The van der Waals surface area contributed by atoms with Gasteiger partial charge in [0, 0.05) is 6.54 Å². The molecule has 0 unspecified atom stereocenters. The van der Waals surface area contributed by atoms with E-state index in [1.807, 2.05) is 6.92 Å². The van der Waals surface area contributed by atoms with Gasteiger partial charge in [0.05, 0.1) is 12.1 Å². The maximum atomic E-state index is 12.7. The molecule has 1 aromatic heterocycles. The predicted molar refractivity (Wildman–Crippen MR) is 69.1 cm³/mol. The fourth-order valence-electron chi connectivity index (χ4n) is 1.68. The van der Waals surface area contributed by atoms with Crippen LogP contribution in [0.3, 0.4) is 0 Å². The van der Waals surface area contributed by atoms with Crippen molar-refractivity contribution in [1.29, 1.82) is 0 Å².